The molecule has 0 amide bonds. The molecule has 0 bridgehead atoms. The van der Waals surface area contributed by atoms with Crippen LogP contribution in [0.1, 0.15) is 95.8 Å². The van der Waals surface area contributed by atoms with Crippen LogP contribution in [0, 0.1) is 0 Å². The summed E-state index contributed by atoms with van der Waals surface area (Å²) in [5.41, 5.74) is 4.87. The van der Waals surface area contributed by atoms with Gasteiger partial charge in [0.25, 0.3) is 0 Å². The predicted molar refractivity (Wildman–Crippen MR) is 139 cm³/mol. The number of rotatable bonds is 14. The largest absolute Gasteiger partial charge is 0.217 e. The SMILES string of the molecule is CCCCc1ccc([Si](Cl)(CCCC)c2ccccc2)c(CCCC)c1CCCC. The van der Waals surface area contributed by atoms with E-state index in [2.05, 4.69) is 70.2 Å². The number of hydrogen-bond acceptors (Lipinski definition) is 0. The molecule has 0 radical (unpaired) electrons. The summed E-state index contributed by atoms with van der Waals surface area (Å²) >= 11 is 7.75. The maximum atomic E-state index is 7.75. The number of hydrogen-bond donors (Lipinski definition) is 0. The van der Waals surface area contributed by atoms with Crippen LogP contribution < -0.4 is 10.4 Å². The van der Waals surface area contributed by atoms with Gasteiger partial charge in [0.05, 0.1) is 0 Å². The van der Waals surface area contributed by atoms with Crippen LogP contribution in [0.5, 0.6) is 0 Å². The Balaban J connectivity index is 2.66. The smallest absolute Gasteiger partial charge is 0.155 e. The van der Waals surface area contributed by atoms with E-state index in [0.717, 1.165) is 6.04 Å². The lowest BCUT2D eigenvalue weighted by Gasteiger charge is -2.30. The van der Waals surface area contributed by atoms with Gasteiger partial charge in [0.2, 0.25) is 7.38 Å². The third-order valence-corrected chi connectivity index (χ3v) is 11.9. The van der Waals surface area contributed by atoms with Crippen molar-refractivity contribution in [3.63, 3.8) is 0 Å². The normalized spacial score (nSPS) is 13.4. The Morgan fingerprint density at radius 2 is 1.20 bits per heavy atom. The number of halogens is 1. The third-order valence-electron chi connectivity index (χ3n) is 6.42. The molecule has 0 aliphatic rings. The van der Waals surface area contributed by atoms with E-state index in [1.807, 2.05) is 0 Å². The molecule has 0 nitrogen and oxygen atoms in total. The van der Waals surface area contributed by atoms with Crippen LogP contribution in [0.15, 0.2) is 42.5 Å². The summed E-state index contributed by atoms with van der Waals surface area (Å²) in [6.45, 7) is 9.21. The van der Waals surface area contributed by atoms with Crippen LogP contribution in [-0.4, -0.2) is 7.38 Å². The van der Waals surface area contributed by atoms with Crippen LogP contribution in [0.4, 0.5) is 0 Å². The molecule has 0 fully saturated rings. The second-order valence-corrected chi connectivity index (χ2v) is 14.0. The maximum absolute atomic E-state index is 7.75. The highest BCUT2D eigenvalue weighted by Crippen LogP contribution is 2.27. The highest BCUT2D eigenvalue weighted by Gasteiger charge is 2.37. The molecule has 0 aliphatic heterocycles. The summed E-state index contributed by atoms with van der Waals surface area (Å²) in [7, 11) is -2.27. The van der Waals surface area contributed by atoms with Crippen molar-refractivity contribution in [3.8, 4) is 0 Å². The van der Waals surface area contributed by atoms with Crippen LogP contribution in [-0.2, 0) is 19.3 Å². The monoisotopic (exact) mass is 442 g/mol. The van der Waals surface area contributed by atoms with Gasteiger partial charge < -0.3 is 0 Å². The fraction of sp³-hybridized carbons (Fsp3) is 0.571. The van der Waals surface area contributed by atoms with E-state index in [9.17, 15) is 0 Å². The van der Waals surface area contributed by atoms with Crippen LogP contribution in [0.3, 0.4) is 0 Å². The molecule has 30 heavy (non-hydrogen) atoms. The molecule has 0 aromatic heterocycles. The summed E-state index contributed by atoms with van der Waals surface area (Å²) in [5, 5.41) is 2.91. The van der Waals surface area contributed by atoms with Crippen molar-refractivity contribution in [2.24, 2.45) is 0 Å². The molecule has 166 valence electrons. The second-order valence-electron chi connectivity index (χ2n) is 8.81. The Morgan fingerprint density at radius 1 is 0.633 bits per heavy atom. The van der Waals surface area contributed by atoms with Gasteiger partial charge in [-0.3, -0.25) is 0 Å². The predicted octanol–water partition coefficient (Wildman–Crippen LogP) is 7.81. The first kappa shape index (κ1) is 25.2. The van der Waals surface area contributed by atoms with Gasteiger partial charge in [-0.1, -0.05) is 102 Å². The van der Waals surface area contributed by atoms with Crippen molar-refractivity contribution in [2.45, 2.75) is 104 Å². The highest BCUT2D eigenvalue weighted by molar-refractivity contribution is 7.34. The Hall–Kier alpha value is -1.05. The fourth-order valence-electron chi connectivity index (χ4n) is 4.58. The van der Waals surface area contributed by atoms with Gasteiger partial charge in [-0.05, 0) is 71.6 Å². The number of benzene rings is 2. The first-order chi connectivity index (χ1) is 14.6. The molecule has 1 unspecified atom stereocenters. The van der Waals surface area contributed by atoms with Crippen LogP contribution in [0.2, 0.25) is 6.04 Å². The zero-order chi connectivity index (χ0) is 21.8. The zero-order valence-corrected chi connectivity index (χ0v) is 21.7. The van der Waals surface area contributed by atoms with Crippen molar-refractivity contribution < 1.29 is 0 Å². The quantitative estimate of drug-likeness (QED) is 0.206. The van der Waals surface area contributed by atoms with E-state index in [1.165, 1.54) is 81.0 Å². The minimum Gasteiger partial charge on any atom is -0.155 e. The molecule has 0 aliphatic carbocycles. The van der Waals surface area contributed by atoms with Crippen LogP contribution in [0.25, 0.3) is 0 Å². The average molecular weight is 443 g/mol. The van der Waals surface area contributed by atoms with Gasteiger partial charge in [-0.15, -0.1) is 0 Å². The molecule has 0 heterocycles. The molecule has 2 aromatic carbocycles. The Labute approximate surface area is 192 Å². The summed E-state index contributed by atoms with van der Waals surface area (Å²) in [6, 6.07) is 17.1. The van der Waals surface area contributed by atoms with Crippen molar-refractivity contribution in [2.75, 3.05) is 0 Å². The van der Waals surface area contributed by atoms with Gasteiger partial charge in [-0.2, -0.15) is 11.1 Å². The molecule has 1 atom stereocenters. The van der Waals surface area contributed by atoms with Gasteiger partial charge in [0.15, 0.2) is 0 Å². The molecule has 2 aromatic rings. The zero-order valence-electron chi connectivity index (χ0n) is 19.9. The number of aryl methyl sites for hydroxylation is 1. The molecule has 0 saturated carbocycles. The first-order valence-corrected chi connectivity index (χ1v) is 15.7. The Kier molecular flexibility index (Phi) is 11.2. The molecular weight excluding hydrogens is 400 g/mol. The maximum Gasteiger partial charge on any atom is 0.217 e. The topological polar surface area (TPSA) is 0 Å². The minimum absolute atomic E-state index is 1.13. The molecule has 2 heteroatoms. The third kappa shape index (κ3) is 6.47. The minimum atomic E-state index is -2.27. The van der Waals surface area contributed by atoms with Gasteiger partial charge >= 0.3 is 0 Å². The first-order valence-electron chi connectivity index (χ1n) is 12.5. The molecular formula is C28H43ClSi. The van der Waals surface area contributed by atoms with Crippen molar-refractivity contribution >= 4 is 28.8 Å². The Morgan fingerprint density at radius 3 is 1.80 bits per heavy atom. The average Bonchev–Trinajstić information content (AvgIpc) is 2.79. The van der Waals surface area contributed by atoms with Crippen molar-refractivity contribution in [3.05, 3.63) is 59.2 Å². The van der Waals surface area contributed by atoms with E-state index in [-0.39, 0.29) is 0 Å². The van der Waals surface area contributed by atoms with E-state index < -0.39 is 7.38 Å². The Bertz CT molecular complexity index is 740. The molecule has 0 saturated heterocycles. The summed E-state index contributed by atoms with van der Waals surface area (Å²) in [6.07, 6.45) is 13.6. The van der Waals surface area contributed by atoms with E-state index >= 15 is 0 Å². The lowest BCUT2D eigenvalue weighted by molar-refractivity contribution is 0.736. The van der Waals surface area contributed by atoms with E-state index in [4.69, 9.17) is 11.1 Å². The second kappa shape index (κ2) is 13.4. The molecule has 0 spiro atoms. The van der Waals surface area contributed by atoms with Crippen molar-refractivity contribution in [1.82, 2.24) is 0 Å². The summed E-state index contributed by atoms with van der Waals surface area (Å²) in [4.78, 5) is 0. The molecule has 0 N–H and O–H groups in total. The van der Waals surface area contributed by atoms with E-state index in [1.54, 1.807) is 16.7 Å². The van der Waals surface area contributed by atoms with Crippen LogP contribution >= 0.6 is 11.1 Å². The summed E-state index contributed by atoms with van der Waals surface area (Å²) in [5.74, 6) is 0. The van der Waals surface area contributed by atoms with Gasteiger partial charge in [0, 0.05) is 0 Å². The van der Waals surface area contributed by atoms with Gasteiger partial charge in [-0.25, -0.2) is 0 Å². The van der Waals surface area contributed by atoms with Gasteiger partial charge in [0.1, 0.15) is 0 Å². The fourth-order valence-corrected chi connectivity index (χ4v) is 9.42. The van der Waals surface area contributed by atoms with E-state index in [0.29, 0.717) is 0 Å². The number of unbranched alkanes of at least 4 members (excludes halogenated alkanes) is 4. The standard InChI is InChI=1S/C28H43ClSi/c1-5-9-16-24-21-22-28(27(20-11-7-3)26(24)19-10-6-2)30(29,23-12-8-4)25-17-14-13-15-18-25/h13-15,17-18,21-22H,5-12,16,19-20,23H2,1-4H3. The summed E-state index contributed by atoms with van der Waals surface area (Å²) < 4.78 is 0. The highest BCUT2D eigenvalue weighted by atomic mass is 35.6. The van der Waals surface area contributed by atoms with Crippen molar-refractivity contribution in [1.29, 1.82) is 0 Å². The lowest BCUT2D eigenvalue weighted by Crippen LogP contribution is -2.55. The lowest BCUT2D eigenvalue weighted by atomic mass is 9.91. The molecule has 2 rings (SSSR count).